The molecule has 0 saturated heterocycles. The van der Waals surface area contributed by atoms with E-state index >= 15 is 35.1 Å². The minimum atomic E-state index is -2.37. The zero-order valence-corrected chi connectivity index (χ0v) is 34.2. The van der Waals surface area contributed by atoms with Crippen LogP contribution in [0.4, 0.5) is 57.9 Å². The summed E-state index contributed by atoms with van der Waals surface area (Å²) >= 11 is 0. The van der Waals surface area contributed by atoms with Crippen molar-refractivity contribution in [3.8, 4) is 11.1 Å². The first-order valence-electron chi connectivity index (χ1n) is 18.7. The minimum absolute atomic E-state index is 0.124. The van der Waals surface area contributed by atoms with Gasteiger partial charge in [-0.3, -0.25) is 0 Å². The van der Waals surface area contributed by atoms with Gasteiger partial charge in [-0.2, -0.15) is 0 Å². The molecule has 0 amide bonds. The van der Waals surface area contributed by atoms with E-state index in [-0.39, 0.29) is 11.1 Å². The Hall–Kier alpha value is -6.56. The first-order chi connectivity index (χ1) is 28.4. The molecule has 0 heterocycles. The molecule has 0 aliphatic carbocycles. The van der Waals surface area contributed by atoms with Gasteiger partial charge in [0.1, 0.15) is 0 Å². The van der Waals surface area contributed by atoms with Crippen molar-refractivity contribution >= 4 is 46.0 Å². The maximum Gasteiger partial charge on any atom is 0.198 e. The van der Waals surface area contributed by atoms with E-state index in [0.717, 1.165) is 34.9 Å². The summed E-state index contributed by atoms with van der Waals surface area (Å²) in [7, 11) is 14.5. The smallest absolute Gasteiger partial charge is 0.198 e. The number of hydrogen-bond donors (Lipinski definition) is 0. The van der Waals surface area contributed by atoms with Gasteiger partial charge in [0.25, 0.3) is 0 Å². The quantitative estimate of drug-likeness (QED) is 0.0558. The fourth-order valence-corrected chi connectivity index (χ4v) is 6.77. The molecule has 0 spiro atoms. The lowest BCUT2D eigenvalue weighted by atomic mass is 9.87. The Morgan fingerprint density at radius 3 is 0.700 bits per heavy atom. The third kappa shape index (κ3) is 8.32. The Balaban J connectivity index is 1.73. The number of halogens is 8. The number of benzene rings is 6. The number of rotatable bonds is 11. The molecule has 310 valence electrons. The summed E-state index contributed by atoms with van der Waals surface area (Å²) in [5, 5.41) is 0. The summed E-state index contributed by atoms with van der Waals surface area (Å²) < 4.78 is 128. The highest BCUT2D eigenvalue weighted by atomic mass is 19.2. The normalized spacial score (nSPS) is 11.0. The average Bonchev–Trinajstić information content (AvgIpc) is 3.24. The van der Waals surface area contributed by atoms with Crippen LogP contribution in [0.15, 0.2) is 97.1 Å². The van der Waals surface area contributed by atoms with E-state index in [1.807, 2.05) is 76.0 Å². The van der Waals surface area contributed by atoms with Crippen LogP contribution < -0.4 is 19.6 Å². The Kier molecular flexibility index (Phi) is 12.4. The summed E-state index contributed by atoms with van der Waals surface area (Å²) in [6.45, 7) is 0. The second kappa shape index (κ2) is 17.3. The van der Waals surface area contributed by atoms with Crippen LogP contribution in [0.2, 0.25) is 0 Å². The molecule has 6 aromatic rings. The molecule has 12 heteroatoms. The van der Waals surface area contributed by atoms with Crippen molar-refractivity contribution in [3.05, 3.63) is 177 Å². The summed E-state index contributed by atoms with van der Waals surface area (Å²) in [6, 6.07) is 27.0. The highest BCUT2D eigenvalue weighted by Crippen LogP contribution is 2.43. The maximum atomic E-state index is 16.5. The molecule has 0 aliphatic rings. The van der Waals surface area contributed by atoms with Crippen molar-refractivity contribution in [3.63, 3.8) is 0 Å². The van der Waals surface area contributed by atoms with Crippen molar-refractivity contribution in [2.75, 3.05) is 76.0 Å². The molecule has 4 nitrogen and oxygen atoms in total. The molecule has 0 fully saturated rings. The SMILES string of the molecule is CN(C)c1ccc(C(=Cc2c(F)c(F)c(F)c(F)c2-c2c(F)c(F)c(F)c(F)c2C=C(c2ccc(N(C)C)cc2)c2ccc(N(C)C)cc2)c2ccc(N(C)C)cc2)cc1. The molecular formula is C48H42F8N4. The van der Waals surface area contributed by atoms with Crippen LogP contribution in [0.3, 0.4) is 0 Å². The van der Waals surface area contributed by atoms with E-state index in [4.69, 9.17) is 0 Å². The molecule has 0 saturated carbocycles. The predicted octanol–water partition coefficient (Wildman–Crippen LogP) is 11.9. The molecular weight excluding hydrogens is 785 g/mol. The van der Waals surface area contributed by atoms with E-state index in [9.17, 15) is 0 Å². The predicted molar refractivity (Wildman–Crippen MR) is 229 cm³/mol. The van der Waals surface area contributed by atoms with Crippen molar-refractivity contribution in [2.24, 2.45) is 0 Å². The fraction of sp³-hybridized carbons (Fsp3) is 0.167. The largest absolute Gasteiger partial charge is 0.378 e. The fourth-order valence-electron chi connectivity index (χ4n) is 6.77. The van der Waals surface area contributed by atoms with Crippen molar-refractivity contribution in [2.45, 2.75) is 0 Å². The lowest BCUT2D eigenvalue weighted by Gasteiger charge is -2.20. The van der Waals surface area contributed by atoms with Crippen LogP contribution in [0.25, 0.3) is 34.4 Å². The van der Waals surface area contributed by atoms with Gasteiger partial charge in [-0.1, -0.05) is 48.5 Å². The van der Waals surface area contributed by atoms with Gasteiger partial charge in [-0.05, 0) is 94.1 Å². The third-order valence-corrected chi connectivity index (χ3v) is 10.2. The van der Waals surface area contributed by atoms with Crippen LogP contribution in [0.1, 0.15) is 33.4 Å². The molecule has 6 rings (SSSR count). The molecule has 60 heavy (non-hydrogen) atoms. The lowest BCUT2D eigenvalue weighted by molar-refractivity contribution is 0.403. The molecule has 0 atom stereocenters. The van der Waals surface area contributed by atoms with E-state index in [1.165, 1.54) is 0 Å². The van der Waals surface area contributed by atoms with Crippen molar-refractivity contribution < 1.29 is 35.1 Å². The number of anilines is 4. The second-order valence-electron chi connectivity index (χ2n) is 15.0. The Labute approximate surface area is 344 Å². The highest BCUT2D eigenvalue weighted by Gasteiger charge is 2.33. The van der Waals surface area contributed by atoms with Crippen molar-refractivity contribution in [1.29, 1.82) is 0 Å². The molecule has 0 unspecified atom stereocenters. The van der Waals surface area contributed by atoms with Crippen LogP contribution in [-0.4, -0.2) is 56.4 Å². The molecule has 6 aromatic carbocycles. The van der Waals surface area contributed by atoms with Crippen LogP contribution >= 0.6 is 0 Å². The van der Waals surface area contributed by atoms with E-state index in [1.54, 1.807) is 97.1 Å². The van der Waals surface area contributed by atoms with E-state index < -0.39 is 68.8 Å². The zero-order valence-electron chi connectivity index (χ0n) is 34.2. The van der Waals surface area contributed by atoms with Crippen LogP contribution in [0, 0.1) is 46.5 Å². The Morgan fingerprint density at radius 1 is 0.300 bits per heavy atom. The van der Waals surface area contributed by atoms with Gasteiger partial charge in [0.05, 0.1) is 0 Å². The minimum Gasteiger partial charge on any atom is -0.378 e. The first-order valence-corrected chi connectivity index (χ1v) is 18.7. The summed E-state index contributed by atoms with van der Waals surface area (Å²) in [6.07, 6.45) is 1.91. The van der Waals surface area contributed by atoms with Crippen LogP contribution in [0.5, 0.6) is 0 Å². The average molecular weight is 827 g/mol. The molecule has 0 aliphatic heterocycles. The van der Waals surface area contributed by atoms with Gasteiger partial charge < -0.3 is 19.6 Å². The van der Waals surface area contributed by atoms with E-state index in [2.05, 4.69) is 0 Å². The van der Waals surface area contributed by atoms with Gasteiger partial charge in [-0.15, -0.1) is 0 Å². The van der Waals surface area contributed by atoms with Gasteiger partial charge in [-0.25, -0.2) is 35.1 Å². The molecule has 0 bridgehead atoms. The number of hydrogen-bond acceptors (Lipinski definition) is 4. The Morgan fingerprint density at radius 2 is 0.500 bits per heavy atom. The monoisotopic (exact) mass is 826 g/mol. The van der Waals surface area contributed by atoms with Gasteiger partial charge in [0.15, 0.2) is 46.5 Å². The maximum absolute atomic E-state index is 16.5. The molecule has 0 aromatic heterocycles. The van der Waals surface area contributed by atoms with Gasteiger partial charge >= 0.3 is 0 Å². The van der Waals surface area contributed by atoms with Crippen LogP contribution in [-0.2, 0) is 0 Å². The molecule has 0 radical (unpaired) electrons. The zero-order chi connectivity index (χ0) is 43.7. The lowest BCUT2D eigenvalue weighted by Crippen LogP contribution is -2.10. The van der Waals surface area contributed by atoms with Gasteiger partial charge in [0, 0.05) is 101 Å². The van der Waals surface area contributed by atoms with E-state index in [0.29, 0.717) is 22.3 Å². The second-order valence-corrected chi connectivity index (χ2v) is 15.0. The third-order valence-electron chi connectivity index (χ3n) is 10.2. The molecule has 0 N–H and O–H groups in total. The number of nitrogens with zero attached hydrogens (tertiary/aromatic N) is 4. The standard InChI is InChI=1S/C48H42F8N4/c1-57(2)31-17-9-27(10-18-31)35(28-11-19-32(20-12-28)58(3)4)25-37-39(43(51)47(55)45(53)41(37)49)40-38(42(50)46(54)48(56)44(40)52)26-36(29-13-21-33(22-14-29)59(5)6)30-15-23-34(24-16-30)60(7)8/h9-26H,1-8H3. The van der Waals surface area contributed by atoms with Gasteiger partial charge in [0.2, 0.25) is 0 Å². The summed E-state index contributed by atoms with van der Waals surface area (Å²) in [4.78, 5) is 7.27. The summed E-state index contributed by atoms with van der Waals surface area (Å²) in [5.41, 5.74) is -0.0393. The topological polar surface area (TPSA) is 13.0 Å². The Bertz CT molecular complexity index is 2310. The first kappa shape index (κ1) is 43.0. The highest BCUT2D eigenvalue weighted by molar-refractivity contribution is 5.99. The summed E-state index contributed by atoms with van der Waals surface area (Å²) in [5.74, 6) is -17.5. The van der Waals surface area contributed by atoms with Crippen molar-refractivity contribution in [1.82, 2.24) is 0 Å².